The molecular formula is C51H56N10O17S4. The summed E-state index contributed by atoms with van der Waals surface area (Å²) in [5.74, 6) is -0.712. The summed E-state index contributed by atoms with van der Waals surface area (Å²) in [5, 5.41) is 39.8. The van der Waals surface area contributed by atoms with E-state index in [4.69, 9.17) is 18.9 Å². The molecular weight excluding hydrogens is 1150 g/mol. The van der Waals surface area contributed by atoms with Crippen molar-refractivity contribution in [3.8, 4) is 23.0 Å². The third-order valence-corrected chi connectivity index (χ3v) is 15.1. The van der Waals surface area contributed by atoms with Gasteiger partial charge in [-0.2, -0.15) is 54.1 Å². The Morgan fingerprint density at radius 2 is 0.720 bits per heavy atom. The van der Waals surface area contributed by atoms with Crippen LogP contribution in [-0.2, 0) is 40.5 Å². The smallest absolute Gasteiger partial charge is 0.323 e. The average Bonchev–Trinajstić information content (AvgIpc) is 3.61. The average molecular weight is 1210 g/mol. The van der Waals surface area contributed by atoms with E-state index in [0.717, 1.165) is 12.1 Å². The molecule has 0 spiro atoms. The van der Waals surface area contributed by atoms with E-state index in [9.17, 15) is 56.7 Å². The van der Waals surface area contributed by atoms with Gasteiger partial charge in [0, 0.05) is 35.6 Å². The van der Waals surface area contributed by atoms with Gasteiger partial charge in [0.05, 0.1) is 61.7 Å². The van der Waals surface area contributed by atoms with Crippen LogP contribution in [0.25, 0.3) is 0 Å². The van der Waals surface area contributed by atoms with Crippen LogP contribution in [0.4, 0.5) is 61.7 Å². The highest BCUT2D eigenvalue weighted by atomic mass is 32.2. The summed E-state index contributed by atoms with van der Waals surface area (Å²) in [6, 6.07) is 19.7. The third kappa shape index (κ3) is 17.9. The fraction of sp³-hybridized carbons (Fsp3) is 0.275. The minimum absolute atomic E-state index is 0.0813. The first-order valence-electron chi connectivity index (χ1n) is 24.1. The van der Waals surface area contributed by atoms with Gasteiger partial charge in [-0.05, 0) is 148 Å². The first-order chi connectivity index (χ1) is 38.4. The van der Waals surface area contributed by atoms with E-state index >= 15 is 0 Å². The molecule has 0 unspecified atom stereocenters. The first kappa shape index (κ1) is 63.0. The number of amides is 2. The topological polar surface area (TPSA) is 394 Å². The Bertz CT molecular complexity index is 3770. The van der Waals surface area contributed by atoms with Crippen LogP contribution in [0.1, 0.15) is 46.2 Å². The highest BCUT2D eigenvalue weighted by Gasteiger charge is 2.21. The van der Waals surface area contributed by atoms with Gasteiger partial charge in [-0.3, -0.25) is 18.2 Å². The lowest BCUT2D eigenvalue weighted by atomic mass is 10.1. The molecule has 6 aromatic rings. The maximum absolute atomic E-state index is 13.5. The Morgan fingerprint density at radius 1 is 0.415 bits per heavy atom. The fourth-order valence-corrected chi connectivity index (χ4v) is 9.63. The number of hydrogen-bond acceptors (Lipinski definition) is 21. The highest BCUT2D eigenvalue weighted by molar-refractivity contribution is 7.86. The SMILES string of the molecule is COc1ccc(N=Nc2cc(OCCCS(=O)(=O)O)c(N=Nc3cc(C)c(NC(=O)Nc4cc(C)c(/N=N/c5cc(C)c(N=Nc6ccc(OC)cc6S(=O)(=O)O)cc5OCCCS(=O)(=O)O)cc4C)cc3C)cc2C)c(S(=O)(=O)O)c1. The van der Waals surface area contributed by atoms with Gasteiger partial charge in [-0.15, -0.1) is 20.5 Å². The highest BCUT2D eigenvalue weighted by Crippen LogP contribution is 2.41. The van der Waals surface area contributed by atoms with Gasteiger partial charge in [0.1, 0.15) is 55.5 Å². The summed E-state index contributed by atoms with van der Waals surface area (Å²) in [7, 11) is -15.4. The van der Waals surface area contributed by atoms with Crippen molar-refractivity contribution in [2.75, 3.05) is 49.6 Å². The molecule has 0 heterocycles. The van der Waals surface area contributed by atoms with Gasteiger partial charge in [-0.25, -0.2) is 4.79 Å². The summed E-state index contributed by atoms with van der Waals surface area (Å²) < 4.78 is 154. The lowest BCUT2D eigenvalue weighted by molar-refractivity contribution is 0.262. The molecule has 0 saturated carbocycles. The van der Waals surface area contributed by atoms with Crippen LogP contribution in [0.3, 0.4) is 0 Å². The lowest BCUT2D eigenvalue weighted by Gasteiger charge is -2.14. The molecule has 436 valence electrons. The minimum atomic E-state index is -4.73. The van der Waals surface area contributed by atoms with Gasteiger partial charge >= 0.3 is 6.03 Å². The van der Waals surface area contributed by atoms with E-state index < -0.39 is 67.8 Å². The predicted molar refractivity (Wildman–Crippen MR) is 302 cm³/mol. The predicted octanol–water partition coefficient (Wildman–Crippen LogP) is 12.7. The molecule has 82 heavy (non-hydrogen) atoms. The molecule has 0 aliphatic rings. The molecule has 0 radical (unpaired) electrons. The fourth-order valence-electron chi connectivity index (χ4n) is 7.39. The lowest BCUT2D eigenvalue weighted by Crippen LogP contribution is -2.20. The molecule has 0 aliphatic heterocycles. The Balaban J connectivity index is 1.20. The van der Waals surface area contributed by atoms with Crippen LogP contribution < -0.4 is 29.6 Å². The molecule has 31 heteroatoms. The van der Waals surface area contributed by atoms with E-state index in [0.29, 0.717) is 56.1 Å². The molecule has 0 atom stereocenters. The van der Waals surface area contributed by atoms with Crippen molar-refractivity contribution in [1.82, 2.24) is 0 Å². The molecule has 0 fully saturated rings. The van der Waals surface area contributed by atoms with Gasteiger partial charge in [0.15, 0.2) is 0 Å². The number of nitrogens with zero attached hydrogens (tertiary/aromatic N) is 8. The third-order valence-electron chi connectivity index (χ3n) is 11.7. The Labute approximate surface area is 472 Å². The maximum atomic E-state index is 13.5. The van der Waals surface area contributed by atoms with Gasteiger partial charge in [0.25, 0.3) is 40.5 Å². The number of carbonyl (C=O) groups is 1. The molecule has 0 aliphatic carbocycles. The summed E-state index contributed by atoms with van der Waals surface area (Å²) >= 11 is 0. The van der Waals surface area contributed by atoms with E-state index in [1.165, 1.54) is 50.6 Å². The second-order valence-electron chi connectivity index (χ2n) is 18.1. The number of azo groups is 4. The number of ether oxygens (including phenoxy) is 4. The zero-order chi connectivity index (χ0) is 60.3. The molecule has 27 nitrogen and oxygen atoms in total. The van der Waals surface area contributed by atoms with E-state index in [1.807, 2.05) is 0 Å². The van der Waals surface area contributed by atoms with Crippen LogP contribution in [0.5, 0.6) is 23.0 Å². The number of nitrogens with one attached hydrogen (secondary N) is 2. The van der Waals surface area contributed by atoms with Crippen LogP contribution in [-0.4, -0.2) is 96.9 Å². The second kappa shape index (κ2) is 26.6. The van der Waals surface area contributed by atoms with E-state index in [1.54, 1.807) is 77.9 Å². The van der Waals surface area contributed by atoms with Crippen molar-refractivity contribution in [3.05, 3.63) is 118 Å². The summed E-state index contributed by atoms with van der Waals surface area (Å²) in [5.41, 5.74) is 5.44. The number of anilines is 2. The maximum Gasteiger partial charge on any atom is 0.323 e. The van der Waals surface area contributed by atoms with Gasteiger partial charge in [0.2, 0.25) is 0 Å². The number of benzene rings is 6. The quantitative estimate of drug-likeness (QED) is 0.0186. The molecule has 0 saturated heterocycles. The minimum Gasteiger partial charge on any atom is -0.497 e. The molecule has 6 rings (SSSR count). The van der Waals surface area contributed by atoms with Gasteiger partial charge < -0.3 is 29.6 Å². The molecule has 0 aromatic heterocycles. The Morgan fingerprint density at radius 3 is 1.05 bits per heavy atom. The molecule has 0 bridgehead atoms. The summed E-state index contributed by atoms with van der Waals surface area (Å²) in [4.78, 5) is 12.4. The molecule has 2 amide bonds. The van der Waals surface area contributed by atoms with Crippen molar-refractivity contribution in [2.24, 2.45) is 40.9 Å². The van der Waals surface area contributed by atoms with Crippen molar-refractivity contribution < 1.29 is 75.6 Å². The molecule has 6 aromatic carbocycles. The first-order valence-corrected chi connectivity index (χ1v) is 30.2. The number of hydrogen-bond donors (Lipinski definition) is 6. The summed E-state index contributed by atoms with van der Waals surface area (Å²) in [6.45, 7) is 9.94. The Kier molecular flexibility index (Phi) is 20.5. The standard InChI is InChI=1S/C51H56N10O17S4/c1-29-21-41(56-60-45-23-33(5)43(27-47(45)77-15-9-17-79(63,64)65)58-54-37-13-11-35(75-7)25-49(37)81(69,70)71)31(3)19-39(29)52-51(62)53-40-20-32(4)42(22-30(40)2)57-61-46-24-34(6)44(28-48(46)78-16-10-18-80(66,67)68)59-55-38-14-12-36(76-8)26-50(38)82(72,73)74/h11-14,19-28H,9-10,15-18H2,1-8H3,(H2,52,53,62)(H,63,64,65)(H,66,67,68)(H,69,70,71)(H,72,73,74)/b58-54?,59-55?,60-56+,61-57?. The molecule has 6 N–H and O–H groups in total. The van der Waals surface area contributed by atoms with Crippen molar-refractivity contribution in [3.63, 3.8) is 0 Å². The zero-order valence-corrected chi connectivity index (χ0v) is 48.4. The van der Waals surface area contributed by atoms with Crippen LogP contribution >= 0.6 is 0 Å². The van der Waals surface area contributed by atoms with Crippen LogP contribution in [0, 0.1) is 41.5 Å². The number of urea groups is 1. The normalized spacial score (nSPS) is 12.4. The van der Waals surface area contributed by atoms with Crippen LogP contribution in [0.15, 0.2) is 136 Å². The number of rotatable bonds is 24. The monoisotopic (exact) mass is 1210 g/mol. The summed E-state index contributed by atoms with van der Waals surface area (Å²) in [6.07, 6.45) is -0.188. The van der Waals surface area contributed by atoms with Crippen LogP contribution in [0.2, 0.25) is 0 Å². The number of carbonyl (C=O) groups excluding carboxylic acids is 1. The van der Waals surface area contributed by atoms with Crippen molar-refractivity contribution in [2.45, 2.75) is 64.2 Å². The van der Waals surface area contributed by atoms with Crippen molar-refractivity contribution >= 4 is 103 Å². The van der Waals surface area contributed by atoms with Crippen molar-refractivity contribution in [1.29, 1.82) is 0 Å². The number of methoxy groups -OCH3 is 2. The number of aryl methyl sites for hydroxylation is 6. The van der Waals surface area contributed by atoms with E-state index in [2.05, 4.69) is 51.5 Å². The van der Waals surface area contributed by atoms with E-state index in [-0.39, 0.29) is 83.2 Å². The second-order valence-corrected chi connectivity index (χ2v) is 24.0. The largest absolute Gasteiger partial charge is 0.497 e. The van der Waals surface area contributed by atoms with Gasteiger partial charge in [-0.1, -0.05) is 0 Å². The Hall–Kier alpha value is -8.17. The zero-order valence-electron chi connectivity index (χ0n) is 45.1.